The summed E-state index contributed by atoms with van der Waals surface area (Å²) in [5.74, 6) is -0.138. The van der Waals surface area contributed by atoms with E-state index in [0.29, 0.717) is 48.5 Å². The number of halogens is 4. The maximum Gasteiger partial charge on any atom is 0.417 e. The van der Waals surface area contributed by atoms with Crippen LogP contribution in [-0.4, -0.2) is 90.7 Å². The zero-order valence-corrected chi connectivity index (χ0v) is 28.5. The molecule has 5 rings (SSSR count). The minimum absolute atomic E-state index is 0.103. The number of anilines is 2. The summed E-state index contributed by atoms with van der Waals surface area (Å²) in [5.41, 5.74) is -0.720. The lowest BCUT2D eigenvalue weighted by Crippen LogP contribution is -2.55. The van der Waals surface area contributed by atoms with Gasteiger partial charge in [-0.15, -0.1) is 0 Å². The topological polar surface area (TPSA) is 79.8 Å². The van der Waals surface area contributed by atoms with Crippen LogP contribution in [0.4, 0.5) is 28.9 Å². The SMILES string of the molecule is C[C@@H]1CN(c2cc(F)c(-c3ccc(OCC4CC4)nc3)cc2NC(=O)c2cnc(OCCS(C)(C)C)cc2C(F)(F)F)C[C@H](C)N1C. The van der Waals surface area contributed by atoms with Crippen LogP contribution in [-0.2, 0) is 6.18 Å². The molecule has 2 aromatic heterocycles. The standard InChI is InChI=1S/C34H43F4N5O3S/c1-21-18-43(19-22(2)42(21)3)30-15-28(35)25(24-9-10-31(39-16-24)46-20-23-7-8-23)13-29(30)41-33(44)26-17-40-32(14-27(26)34(36,37)38)45-11-12-47(4,5)6/h9-10,13-17,21-23H,7-8,11-12,18-20H2,1-6H3,(H,41,44)/t21-,22+. The molecule has 1 aromatic carbocycles. The molecule has 256 valence electrons. The van der Waals surface area contributed by atoms with Gasteiger partial charge in [-0.05, 0) is 76.6 Å². The van der Waals surface area contributed by atoms with Gasteiger partial charge in [-0.2, -0.15) is 13.2 Å². The van der Waals surface area contributed by atoms with Gasteiger partial charge in [-0.3, -0.25) is 9.69 Å². The zero-order valence-electron chi connectivity index (χ0n) is 27.7. The Hall–Kier alpha value is -3.58. The van der Waals surface area contributed by atoms with E-state index in [0.717, 1.165) is 25.1 Å². The molecule has 1 saturated heterocycles. The van der Waals surface area contributed by atoms with Crippen molar-refractivity contribution in [2.75, 3.05) is 68.1 Å². The molecule has 1 N–H and O–H groups in total. The number of likely N-dealkylation sites (N-methyl/N-ethyl adjacent to an activating group) is 1. The third-order valence-electron chi connectivity index (χ3n) is 8.62. The van der Waals surface area contributed by atoms with E-state index in [1.54, 1.807) is 12.1 Å². The summed E-state index contributed by atoms with van der Waals surface area (Å²) < 4.78 is 69.9. The Labute approximate surface area is 275 Å². The number of hydrogen-bond acceptors (Lipinski definition) is 7. The average molecular weight is 678 g/mol. The van der Waals surface area contributed by atoms with Crippen LogP contribution in [0.2, 0.25) is 0 Å². The fourth-order valence-electron chi connectivity index (χ4n) is 5.38. The van der Waals surface area contributed by atoms with Crippen LogP contribution in [0.1, 0.15) is 42.6 Å². The first-order valence-electron chi connectivity index (χ1n) is 15.7. The van der Waals surface area contributed by atoms with Crippen LogP contribution >= 0.6 is 10.0 Å². The summed E-state index contributed by atoms with van der Waals surface area (Å²) in [7, 11) is 1.08. The Morgan fingerprint density at radius 1 is 1.00 bits per heavy atom. The molecule has 2 atom stereocenters. The predicted octanol–water partition coefficient (Wildman–Crippen LogP) is 6.94. The molecule has 0 unspecified atom stereocenters. The van der Waals surface area contributed by atoms with E-state index >= 15 is 4.39 Å². The molecule has 2 fully saturated rings. The van der Waals surface area contributed by atoms with E-state index < -0.39 is 39.1 Å². The second kappa shape index (κ2) is 13.9. The molecule has 1 saturated carbocycles. The maximum atomic E-state index is 15.8. The molecule has 2 aliphatic rings. The van der Waals surface area contributed by atoms with Crippen molar-refractivity contribution in [1.82, 2.24) is 14.9 Å². The number of hydrogen-bond donors (Lipinski definition) is 1. The normalized spacial score (nSPS) is 19.4. The highest BCUT2D eigenvalue weighted by atomic mass is 32.3. The number of carbonyl (C=O) groups excluding carboxylic acids is 1. The van der Waals surface area contributed by atoms with Crippen LogP contribution in [0, 0.1) is 11.7 Å². The van der Waals surface area contributed by atoms with Crippen molar-refractivity contribution in [1.29, 1.82) is 0 Å². The smallest absolute Gasteiger partial charge is 0.417 e. The maximum absolute atomic E-state index is 15.8. The number of nitrogens with zero attached hydrogens (tertiary/aromatic N) is 4. The van der Waals surface area contributed by atoms with Gasteiger partial charge in [0.05, 0.1) is 35.7 Å². The van der Waals surface area contributed by atoms with Crippen LogP contribution in [0.5, 0.6) is 11.8 Å². The van der Waals surface area contributed by atoms with Crippen LogP contribution in [0.3, 0.4) is 0 Å². The van der Waals surface area contributed by atoms with Crippen molar-refractivity contribution < 1.29 is 31.8 Å². The fraction of sp³-hybridized carbons (Fsp3) is 0.500. The van der Waals surface area contributed by atoms with E-state index in [2.05, 4.69) is 39.0 Å². The third kappa shape index (κ3) is 8.86. The number of piperazine rings is 1. The molecule has 8 nitrogen and oxygen atoms in total. The predicted molar refractivity (Wildman–Crippen MR) is 180 cm³/mol. The summed E-state index contributed by atoms with van der Waals surface area (Å²) in [5, 5.41) is 2.67. The van der Waals surface area contributed by atoms with Gasteiger partial charge in [-0.25, -0.2) is 24.4 Å². The summed E-state index contributed by atoms with van der Waals surface area (Å²) >= 11 is 0. The Bertz CT molecular complexity index is 1570. The zero-order chi connectivity index (χ0) is 34.1. The van der Waals surface area contributed by atoms with Crippen molar-refractivity contribution in [3.05, 3.63) is 59.7 Å². The summed E-state index contributed by atoms with van der Waals surface area (Å²) in [6.45, 7) is 5.91. The molecule has 1 amide bonds. The van der Waals surface area contributed by atoms with Crippen molar-refractivity contribution >= 4 is 27.3 Å². The van der Waals surface area contributed by atoms with Crippen LogP contribution < -0.4 is 19.7 Å². The van der Waals surface area contributed by atoms with E-state index in [4.69, 9.17) is 9.47 Å². The summed E-state index contributed by atoms with van der Waals surface area (Å²) in [6, 6.07) is 7.06. The average Bonchev–Trinajstić information content (AvgIpc) is 3.83. The molecule has 13 heteroatoms. The number of carbonyl (C=O) groups is 1. The summed E-state index contributed by atoms with van der Waals surface area (Å²) in [6.07, 6.45) is 6.00. The lowest BCUT2D eigenvalue weighted by molar-refractivity contribution is -0.138. The first kappa shape index (κ1) is 34.7. The van der Waals surface area contributed by atoms with Gasteiger partial charge in [0.2, 0.25) is 11.8 Å². The van der Waals surface area contributed by atoms with E-state index in [1.165, 1.54) is 18.3 Å². The van der Waals surface area contributed by atoms with E-state index in [9.17, 15) is 18.0 Å². The van der Waals surface area contributed by atoms with Crippen molar-refractivity contribution in [2.45, 2.75) is 44.9 Å². The van der Waals surface area contributed by atoms with Crippen LogP contribution in [0.25, 0.3) is 11.1 Å². The molecule has 0 bridgehead atoms. The van der Waals surface area contributed by atoms with Gasteiger partial charge in [-0.1, -0.05) is 0 Å². The largest absolute Gasteiger partial charge is 0.477 e. The number of pyridine rings is 2. The molecular formula is C34H43F4N5O3S. The lowest BCUT2D eigenvalue weighted by Gasteiger charge is -2.44. The lowest BCUT2D eigenvalue weighted by atomic mass is 10.0. The molecule has 1 aliphatic carbocycles. The number of benzene rings is 1. The molecular weight excluding hydrogens is 634 g/mol. The van der Waals surface area contributed by atoms with E-state index in [1.807, 2.05) is 25.8 Å². The van der Waals surface area contributed by atoms with Gasteiger partial charge in [0.1, 0.15) is 5.82 Å². The Balaban J connectivity index is 1.48. The molecule has 0 spiro atoms. The molecule has 3 aromatic rings. The molecule has 1 aliphatic heterocycles. The Morgan fingerprint density at radius 2 is 1.68 bits per heavy atom. The first-order valence-corrected chi connectivity index (χ1v) is 18.7. The van der Waals surface area contributed by atoms with Gasteiger partial charge >= 0.3 is 6.18 Å². The fourth-order valence-corrected chi connectivity index (χ4v) is 5.96. The highest BCUT2D eigenvalue weighted by Crippen LogP contribution is 2.39. The number of aromatic nitrogens is 2. The monoisotopic (exact) mass is 677 g/mol. The van der Waals surface area contributed by atoms with Gasteiger partial charge < -0.3 is 19.7 Å². The highest BCUT2D eigenvalue weighted by Gasteiger charge is 2.37. The molecule has 3 heterocycles. The molecule has 47 heavy (non-hydrogen) atoms. The van der Waals surface area contributed by atoms with Gasteiger partial charge in [0, 0.05) is 66.6 Å². The minimum Gasteiger partial charge on any atom is -0.477 e. The third-order valence-corrected chi connectivity index (χ3v) is 10.0. The number of nitrogens with one attached hydrogen (secondary N) is 1. The van der Waals surface area contributed by atoms with Crippen molar-refractivity contribution in [3.8, 4) is 22.9 Å². The van der Waals surface area contributed by atoms with Gasteiger partial charge in [0.25, 0.3) is 5.91 Å². The number of ether oxygens (including phenoxy) is 2. The second-order valence-electron chi connectivity index (χ2n) is 13.4. The Morgan fingerprint density at radius 3 is 2.28 bits per heavy atom. The minimum atomic E-state index is -4.85. The van der Waals surface area contributed by atoms with Crippen molar-refractivity contribution in [2.24, 2.45) is 5.92 Å². The van der Waals surface area contributed by atoms with E-state index in [-0.39, 0.29) is 35.8 Å². The quantitative estimate of drug-likeness (QED) is 0.220. The molecule has 0 radical (unpaired) electrons. The number of rotatable bonds is 11. The Kier molecular flexibility index (Phi) is 10.3. The van der Waals surface area contributed by atoms with Gasteiger partial charge in [0.15, 0.2) is 0 Å². The van der Waals surface area contributed by atoms with Crippen molar-refractivity contribution in [3.63, 3.8) is 0 Å². The first-order chi connectivity index (χ1) is 22.1. The number of alkyl halides is 3. The second-order valence-corrected chi connectivity index (χ2v) is 18.0. The number of amides is 1. The van der Waals surface area contributed by atoms with Crippen LogP contribution in [0.15, 0.2) is 42.7 Å². The highest BCUT2D eigenvalue weighted by molar-refractivity contribution is 8.32. The summed E-state index contributed by atoms with van der Waals surface area (Å²) in [4.78, 5) is 26.1.